The summed E-state index contributed by atoms with van der Waals surface area (Å²) < 4.78 is 101. The first-order valence-electron chi connectivity index (χ1n) is 7.41. The smallest absolute Gasteiger partial charge is 0.294 e. The summed E-state index contributed by atoms with van der Waals surface area (Å²) in [5, 5.41) is 1.58. The predicted octanol–water partition coefficient (Wildman–Crippen LogP) is 3.38. The van der Waals surface area contributed by atoms with Crippen LogP contribution < -0.4 is 10.2 Å². The molecule has 0 fully saturated rings. The van der Waals surface area contributed by atoms with Gasteiger partial charge in [0.1, 0.15) is 23.0 Å². The number of carbonyl (C=O) groups excluding carboxylic acids is 2. The minimum Gasteiger partial charge on any atom is -0.294 e. The van der Waals surface area contributed by atoms with E-state index in [4.69, 9.17) is 0 Å². The molecular formula is C16H10F6N2O4S. The normalized spacial score (nSPS) is 11.8. The standard InChI is InChI=1S/C16H10F6N2O4S/c1-24(15(26)23-14(25)13-9(17)3-2-4-10(13)18)12-6-5-8(7-11(12)19)29(27,28)16(20,21)22/h2-7H,1H3,(H,23,25,26). The molecule has 0 saturated carbocycles. The molecule has 0 spiro atoms. The van der Waals surface area contributed by atoms with Crippen molar-refractivity contribution in [2.24, 2.45) is 0 Å². The van der Waals surface area contributed by atoms with Crippen molar-refractivity contribution in [3.8, 4) is 0 Å². The Morgan fingerprint density at radius 2 is 1.52 bits per heavy atom. The summed E-state index contributed by atoms with van der Waals surface area (Å²) in [5.41, 5.74) is -7.45. The molecule has 6 nitrogen and oxygen atoms in total. The number of alkyl halides is 3. The van der Waals surface area contributed by atoms with Crippen LogP contribution in [0.15, 0.2) is 41.3 Å². The molecule has 0 aliphatic heterocycles. The Hall–Kier alpha value is -3.09. The van der Waals surface area contributed by atoms with E-state index in [1.165, 1.54) is 0 Å². The number of carbonyl (C=O) groups is 2. The maximum absolute atomic E-state index is 14.1. The molecule has 0 heterocycles. The van der Waals surface area contributed by atoms with Gasteiger partial charge in [-0.15, -0.1) is 0 Å². The van der Waals surface area contributed by atoms with Gasteiger partial charge in [0.25, 0.3) is 15.7 Å². The van der Waals surface area contributed by atoms with Crippen molar-refractivity contribution < 1.29 is 44.3 Å². The van der Waals surface area contributed by atoms with Crippen molar-refractivity contribution in [2.75, 3.05) is 11.9 Å². The van der Waals surface area contributed by atoms with Crippen LogP contribution >= 0.6 is 0 Å². The molecule has 156 valence electrons. The lowest BCUT2D eigenvalue weighted by molar-refractivity contribution is -0.0436. The SMILES string of the molecule is CN(C(=O)NC(=O)c1c(F)cccc1F)c1ccc(S(=O)(=O)C(F)(F)F)cc1F. The number of halogens is 6. The third kappa shape index (κ3) is 4.34. The summed E-state index contributed by atoms with van der Waals surface area (Å²) in [5.74, 6) is -5.57. The van der Waals surface area contributed by atoms with Crippen molar-refractivity contribution in [1.29, 1.82) is 0 Å². The number of rotatable bonds is 3. The summed E-state index contributed by atoms with van der Waals surface area (Å²) in [6.07, 6.45) is 0. The summed E-state index contributed by atoms with van der Waals surface area (Å²) in [6.45, 7) is 0. The lowest BCUT2D eigenvalue weighted by Crippen LogP contribution is -2.41. The van der Waals surface area contributed by atoms with Gasteiger partial charge in [0.2, 0.25) is 0 Å². The second-order valence-corrected chi connectivity index (χ2v) is 7.42. The minimum absolute atomic E-state index is 0.0420. The summed E-state index contributed by atoms with van der Waals surface area (Å²) in [7, 11) is -4.94. The Morgan fingerprint density at radius 1 is 0.966 bits per heavy atom. The molecule has 2 rings (SSSR count). The molecule has 0 aromatic heterocycles. The number of anilines is 1. The molecule has 2 aromatic carbocycles. The highest BCUT2D eigenvalue weighted by Gasteiger charge is 2.47. The van der Waals surface area contributed by atoms with Crippen LogP contribution in [0.25, 0.3) is 0 Å². The molecule has 3 amide bonds. The number of nitrogens with one attached hydrogen (secondary N) is 1. The zero-order valence-electron chi connectivity index (χ0n) is 14.2. The average Bonchev–Trinajstić information content (AvgIpc) is 2.59. The zero-order chi connectivity index (χ0) is 22.1. The van der Waals surface area contributed by atoms with Crippen molar-refractivity contribution in [1.82, 2.24) is 5.32 Å². The van der Waals surface area contributed by atoms with Crippen LogP contribution in [-0.4, -0.2) is 32.9 Å². The van der Waals surface area contributed by atoms with Gasteiger partial charge in [-0.2, -0.15) is 13.2 Å². The first-order chi connectivity index (χ1) is 13.3. The van der Waals surface area contributed by atoms with Gasteiger partial charge in [-0.25, -0.2) is 26.4 Å². The van der Waals surface area contributed by atoms with Crippen molar-refractivity contribution in [3.63, 3.8) is 0 Å². The van der Waals surface area contributed by atoms with Crippen LogP contribution in [0.3, 0.4) is 0 Å². The minimum atomic E-state index is -5.82. The van der Waals surface area contributed by atoms with Crippen molar-refractivity contribution in [2.45, 2.75) is 10.4 Å². The Bertz CT molecular complexity index is 1070. The number of hydrogen-bond donors (Lipinski definition) is 1. The van der Waals surface area contributed by atoms with E-state index in [9.17, 15) is 44.3 Å². The second kappa shape index (κ2) is 7.73. The first-order valence-corrected chi connectivity index (χ1v) is 8.89. The number of hydrogen-bond acceptors (Lipinski definition) is 4. The molecule has 0 atom stereocenters. The highest BCUT2D eigenvalue weighted by Crippen LogP contribution is 2.32. The van der Waals surface area contributed by atoms with Crippen molar-refractivity contribution in [3.05, 3.63) is 59.4 Å². The van der Waals surface area contributed by atoms with Crippen LogP contribution in [0.4, 0.5) is 36.8 Å². The van der Waals surface area contributed by atoms with Crippen LogP contribution in [0.2, 0.25) is 0 Å². The molecule has 0 bridgehead atoms. The molecule has 13 heteroatoms. The lowest BCUT2D eigenvalue weighted by Gasteiger charge is -2.19. The van der Waals surface area contributed by atoms with Gasteiger partial charge >= 0.3 is 11.5 Å². The van der Waals surface area contributed by atoms with E-state index >= 15 is 0 Å². The van der Waals surface area contributed by atoms with Crippen LogP contribution in [0.5, 0.6) is 0 Å². The molecule has 2 aromatic rings. The van der Waals surface area contributed by atoms with Crippen LogP contribution in [0, 0.1) is 17.5 Å². The van der Waals surface area contributed by atoms with Gasteiger partial charge in [-0.3, -0.25) is 15.0 Å². The zero-order valence-corrected chi connectivity index (χ0v) is 15.0. The van der Waals surface area contributed by atoms with Gasteiger partial charge in [0.15, 0.2) is 0 Å². The average molecular weight is 440 g/mol. The van der Waals surface area contributed by atoms with E-state index in [1.54, 1.807) is 5.32 Å². The fourth-order valence-corrected chi connectivity index (χ4v) is 2.90. The maximum Gasteiger partial charge on any atom is 0.501 e. The van der Waals surface area contributed by atoms with E-state index in [0.29, 0.717) is 17.0 Å². The third-order valence-corrected chi connectivity index (χ3v) is 5.09. The van der Waals surface area contributed by atoms with E-state index in [0.717, 1.165) is 25.2 Å². The topological polar surface area (TPSA) is 83.6 Å². The highest BCUT2D eigenvalue weighted by atomic mass is 32.2. The fraction of sp³-hybridized carbons (Fsp3) is 0.125. The molecule has 1 N–H and O–H groups in total. The number of nitrogens with zero attached hydrogens (tertiary/aromatic N) is 1. The predicted molar refractivity (Wildman–Crippen MR) is 87.3 cm³/mol. The van der Waals surface area contributed by atoms with Gasteiger partial charge in [-0.1, -0.05) is 6.07 Å². The molecular weight excluding hydrogens is 430 g/mol. The molecule has 0 radical (unpaired) electrons. The van der Waals surface area contributed by atoms with E-state index in [1.807, 2.05) is 0 Å². The quantitative estimate of drug-likeness (QED) is 0.742. The maximum atomic E-state index is 14.1. The number of urea groups is 1. The number of amides is 3. The van der Waals surface area contributed by atoms with Crippen molar-refractivity contribution >= 4 is 27.5 Å². The van der Waals surface area contributed by atoms with Crippen LogP contribution in [-0.2, 0) is 9.84 Å². The number of benzene rings is 2. The molecule has 29 heavy (non-hydrogen) atoms. The molecule has 0 aliphatic carbocycles. The monoisotopic (exact) mass is 440 g/mol. The van der Waals surface area contributed by atoms with Gasteiger partial charge < -0.3 is 0 Å². The largest absolute Gasteiger partial charge is 0.501 e. The summed E-state index contributed by atoms with van der Waals surface area (Å²) >= 11 is 0. The highest BCUT2D eigenvalue weighted by molar-refractivity contribution is 7.92. The van der Waals surface area contributed by atoms with Gasteiger partial charge in [-0.05, 0) is 30.3 Å². The van der Waals surface area contributed by atoms with Crippen LogP contribution in [0.1, 0.15) is 10.4 Å². The fourth-order valence-electron chi connectivity index (χ4n) is 2.13. The number of imide groups is 1. The van der Waals surface area contributed by atoms with Gasteiger partial charge in [0.05, 0.1) is 10.6 Å². The first kappa shape index (κ1) is 22.2. The molecule has 0 saturated heterocycles. The Kier molecular flexibility index (Phi) is 5.92. The Balaban J connectivity index is 2.27. The van der Waals surface area contributed by atoms with E-state index < -0.39 is 60.9 Å². The lowest BCUT2D eigenvalue weighted by atomic mass is 10.2. The van der Waals surface area contributed by atoms with E-state index in [2.05, 4.69) is 0 Å². The Labute approximate surface area is 159 Å². The van der Waals surface area contributed by atoms with E-state index in [-0.39, 0.29) is 6.07 Å². The molecule has 0 aliphatic rings. The van der Waals surface area contributed by atoms with Gasteiger partial charge in [0, 0.05) is 7.05 Å². The Morgan fingerprint density at radius 3 is 2.00 bits per heavy atom. The summed E-state index contributed by atoms with van der Waals surface area (Å²) in [6, 6.07) is 2.10. The summed E-state index contributed by atoms with van der Waals surface area (Å²) in [4.78, 5) is 22.9. The third-order valence-electron chi connectivity index (χ3n) is 3.61. The number of sulfone groups is 1. The molecule has 0 unspecified atom stereocenters. The second-order valence-electron chi connectivity index (χ2n) is 5.48.